The van der Waals surface area contributed by atoms with Crippen molar-refractivity contribution in [3.63, 3.8) is 0 Å². The second-order valence-electron chi connectivity index (χ2n) is 8.24. The van der Waals surface area contributed by atoms with Crippen molar-refractivity contribution in [3.8, 4) is 11.5 Å². The first-order valence-electron chi connectivity index (χ1n) is 11.4. The Balaban J connectivity index is 1.63. The van der Waals surface area contributed by atoms with E-state index in [9.17, 15) is 4.79 Å². The van der Waals surface area contributed by atoms with Crippen LogP contribution in [0.2, 0.25) is 0 Å². The zero-order valence-electron chi connectivity index (χ0n) is 19.8. The number of benzene rings is 3. The summed E-state index contributed by atoms with van der Waals surface area (Å²) in [5.74, 6) is 1.45. The van der Waals surface area contributed by atoms with Crippen molar-refractivity contribution in [3.05, 3.63) is 94.5 Å². The molecule has 0 aliphatic heterocycles. The first-order chi connectivity index (χ1) is 16.0. The SMILES string of the molecule is COc1cc(CC(=O)NCCC(c2ccccc2)c2ccc(C)c(C)c2)ccc1OCCN. The number of ether oxygens (including phenoxy) is 2. The second-order valence-corrected chi connectivity index (χ2v) is 8.24. The maximum Gasteiger partial charge on any atom is 0.224 e. The smallest absolute Gasteiger partial charge is 0.224 e. The van der Waals surface area contributed by atoms with Crippen LogP contribution in [0.4, 0.5) is 0 Å². The van der Waals surface area contributed by atoms with Gasteiger partial charge in [0.15, 0.2) is 11.5 Å². The average molecular weight is 447 g/mol. The minimum atomic E-state index is -0.0143. The van der Waals surface area contributed by atoms with Crippen molar-refractivity contribution in [2.45, 2.75) is 32.6 Å². The second kappa shape index (κ2) is 12.1. The van der Waals surface area contributed by atoms with E-state index in [4.69, 9.17) is 15.2 Å². The molecule has 174 valence electrons. The largest absolute Gasteiger partial charge is 0.493 e. The van der Waals surface area contributed by atoms with Crippen LogP contribution in [0, 0.1) is 13.8 Å². The normalized spacial score (nSPS) is 11.6. The Hall–Kier alpha value is -3.31. The molecule has 0 radical (unpaired) electrons. The fraction of sp³-hybridized carbons (Fsp3) is 0.321. The van der Waals surface area contributed by atoms with Gasteiger partial charge in [0.1, 0.15) is 6.61 Å². The van der Waals surface area contributed by atoms with Gasteiger partial charge in [0, 0.05) is 19.0 Å². The van der Waals surface area contributed by atoms with Crippen molar-refractivity contribution < 1.29 is 14.3 Å². The third-order valence-corrected chi connectivity index (χ3v) is 5.86. The Labute approximate surface area is 196 Å². The molecule has 0 saturated carbocycles. The average Bonchev–Trinajstić information content (AvgIpc) is 2.83. The molecule has 5 heteroatoms. The summed E-state index contributed by atoms with van der Waals surface area (Å²) in [5, 5.41) is 3.09. The number of nitrogens with one attached hydrogen (secondary N) is 1. The summed E-state index contributed by atoms with van der Waals surface area (Å²) < 4.78 is 11.0. The van der Waals surface area contributed by atoms with E-state index in [-0.39, 0.29) is 18.2 Å². The van der Waals surface area contributed by atoms with Gasteiger partial charge in [-0.3, -0.25) is 4.79 Å². The molecule has 33 heavy (non-hydrogen) atoms. The highest BCUT2D eigenvalue weighted by Crippen LogP contribution is 2.30. The molecule has 0 heterocycles. The van der Waals surface area contributed by atoms with Gasteiger partial charge in [-0.1, -0.05) is 54.6 Å². The first kappa shape index (κ1) is 24.3. The fourth-order valence-electron chi connectivity index (χ4n) is 3.91. The number of rotatable bonds is 11. The quantitative estimate of drug-likeness (QED) is 0.454. The number of aryl methyl sites for hydroxylation is 2. The van der Waals surface area contributed by atoms with Crippen molar-refractivity contribution in [1.82, 2.24) is 5.32 Å². The Morgan fingerprint density at radius 1 is 0.939 bits per heavy atom. The minimum Gasteiger partial charge on any atom is -0.493 e. The van der Waals surface area contributed by atoms with Crippen molar-refractivity contribution in [1.29, 1.82) is 0 Å². The molecule has 3 aromatic rings. The van der Waals surface area contributed by atoms with Crippen LogP contribution in [-0.4, -0.2) is 32.7 Å². The van der Waals surface area contributed by atoms with Gasteiger partial charge >= 0.3 is 0 Å². The molecule has 0 aliphatic carbocycles. The molecule has 5 nitrogen and oxygen atoms in total. The van der Waals surface area contributed by atoms with Gasteiger partial charge in [0.25, 0.3) is 0 Å². The van der Waals surface area contributed by atoms with E-state index in [0.29, 0.717) is 31.2 Å². The van der Waals surface area contributed by atoms with E-state index in [2.05, 4.69) is 61.6 Å². The lowest BCUT2D eigenvalue weighted by Gasteiger charge is -2.20. The maximum absolute atomic E-state index is 12.6. The summed E-state index contributed by atoms with van der Waals surface area (Å²) in [6.45, 7) is 5.71. The van der Waals surface area contributed by atoms with Crippen molar-refractivity contribution >= 4 is 5.91 Å². The molecule has 0 saturated heterocycles. The van der Waals surface area contributed by atoms with Crippen LogP contribution in [0.3, 0.4) is 0 Å². The Morgan fingerprint density at radius 2 is 1.73 bits per heavy atom. The third kappa shape index (κ3) is 6.83. The van der Waals surface area contributed by atoms with Gasteiger partial charge in [-0.2, -0.15) is 0 Å². The fourth-order valence-corrected chi connectivity index (χ4v) is 3.91. The summed E-state index contributed by atoms with van der Waals surface area (Å²) in [6.07, 6.45) is 1.11. The number of nitrogens with two attached hydrogens (primary N) is 1. The predicted molar refractivity (Wildman–Crippen MR) is 133 cm³/mol. The molecule has 3 aromatic carbocycles. The van der Waals surface area contributed by atoms with Crippen LogP contribution >= 0.6 is 0 Å². The minimum absolute atomic E-state index is 0.0143. The molecule has 3 rings (SSSR count). The van der Waals surface area contributed by atoms with Crippen molar-refractivity contribution in [2.24, 2.45) is 5.73 Å². The van der Waals surface area contributed by atoms with E-state index in [1.54, 1.807) is 7.11 Å². The molecule has 1 amide bonds. The first-order valence-corrected chi connectivity index (χ1v) is 11.4. The molecule has 0 bridgehead atoms. The third-order valence-electron chi connectivity index (χ3n) is 5.86. The van der Waals surface area contributed by atoms with Gasteiger partial charge in [-0.05, 0) is 60.2 Å². The molecule has 0 fully saturated rings. The summed E-state index contributed by atoms with van der Waals surface area (Å²) in [4.78, 5) is 12.6. The summed E-state index contributed by atoms with van der Waals surface area (Å²) in [6, 6.07) is 22.6. The van der Waals surface area contributed by atoms with Crippen LogP contribution in [0.25, 0.3) is 0 Å². The van der Waals surface area contributed by atoms with E-state index in [0.717, 1.165) is 12.0 Å². The molecule has 1 unspecified atom stereocenters. The monoisotopic (exact) mass is 446 g/mol. The van der Waals surface area contributed by atoms with E-state index < -0.39 is 0 Å². The lowest BCUT2D eigenvalue weighted by Crippen LogP contribution is -2.27. The number of hydrogen-bond acceptors (Lipinski definition) is 4. The van der Waals surface area contributed by atoms with Crippen LogP contribution in [0.1, 0.15) is 40.2 Å². The van der Waals surface area contributed by atoms with Crippen LogP contribution in [0.5, 0.6) is 11.5 Å². The Kier molecular flexibility index (Phi) is 8.90. The molecule has 3 N–H and O–H groups in total. The van der Waals surface area contributed by atoms with E-state index in [1.165, 1.54) is 22.3 Å². The zero-order chi connectivity index (χ0) is 23.6. The summed E-state index contributed by atoms with van der Waals surface area (Å²) >= 11 is 0. The molecule has 0 aromatic heterocycles. The van der Waals surface area contributed by atoms with Crippen LogP contribution in [0.15, 0.2) is 66.7 Å². The number of hydrogen-bond donors (Lipinski definition) is 2. The van der Waals surface area contributed by atoms with Crippen LogP contribution < -0.4 is 20.5 Å². The summed E-state index contributed by atoms with van der Waals surface area (Å²) in [7, 11) is 1.59. The number of carbonyl (C=O) groups excluding carboxylic acids is 1. The number of carbonyl (C=O) groups is 1. The van der Waals surface area contributed by atoms with E-state index in [1.807, 2.05) is 24.3 Å². The van der Waals surface area contributed by atoms with Gasteiger partial charge in [-0.25, -0.2) is 0 Å². The van der Waals surface area contributed by atoms with Gasteiger partial charge in [0.2, 0.25) is 5.91 Å². The molecule has 1 atom stereocenters. The lowest BCUT2D eigenvalue weighted by molar-refractivity contribution is -0.120. The van der Waals surface area contributed by atoms with Gasteiger partial charge < -0.3 is 20.5 Å². The highest BCUT2D eigenvalue weighted by molar-refractivity contribution is 5.78. The van der Waals surface area contributed by atoms with Crippen LogP contribution in [-0.2, 0) is 11.2 Å². The Bertz CT molecular complexity index is 1050. The topological polar surface area (TPSA) is 73.6 Å². The number of amides is 1. The number of methoxy groups -OCH3 is 1. The highest BCUT2D eigenvalue weighted by atomic mass is 16.5. The zero-order valence-corrected chi connectivity index (χ0v) is 19.8. The molecule has 0 aliphatic rings. The molecular formula is C28H34N2O3. The molecule has 0 spiro atoms. The highest BCUT2D eigenvalue weighted by Gasteiger charge is 2.16. The molecular weight excluding hydrogens is 412 g/mol. The lowest BCUT2D eigenvalue weighted by atomic mass is 9.87. The van der Waals surface area contributed by atoms with E-state index >= 15 is 0 Å². The van der Waals surface area contributed by atoms with Gasteiger partial charge in [-0.15, -0.1) is 0 Å². The Morgan fingerprint density at radius 3 is 2.42 bits per heavy atom. The van der Waals surface area contributed by atoms with Crippen molar-refractivity contribution in [2.75, 3.05) is 26.8 Å². The van der Waals surface area contributed by atoms with Gasteiger partial charge in [0.05, 0.1) is 13.5 Å². The predicted octanol–water partition coefficient (Wildman–Crippen LogP) is 4.53. The standard InChI is InChI=1S/C28H34N2O3/c1-20-9-11-24(17-21(20)2)25(23-7-5-4-6-8-23)13-15-30-28(31)19-22-10-12-26(33-16-14-29)27(18-22)32-3/h4-12,17-18,25H,13-16,19,29H2,1-3H3,(H,30,31). The maximum atomic E-state index is 12.6. The summed E-state index contributed by atoms with van der Waals surface area (Å²) in [5.41, 5.74) is 11.5.